The lowest BCUT2D eigenvalue weighted by Crippen LogP contribution is -2.56. The molecule has 0 N–H and O–H groups in total. The fourth-order valence-corrected chi connectivity index (χ4v) is 8.10. The van der Waals surface area contributed by atoms with Crippen LogP contribution in [0.1, 0.15) is 43.4 Å². The van der Waals surface area contributed by atoms with Crippen LogP contribution in [0.5, 0.6) is 6.01 Å². The maximum atomic E-state index is 12.6. The first-order valence-electron chi connectivity index (χ1n) is 16.5. The molecule has 1 spiro atoms. The van der Waals surface area contributed by atoms with Crippen LogP contribution in [0.15, 0.2) is 49.1 Å². The topological polar surface area (TPSA) is 69.4 Å². The molecular formula is C36H42ClN7O2. The number of halogens is 1. The highest BCUT2D eigenvalue weighted by molar-refractivity contribution is 6.36. The van der Waals surface area contributed by atoms with E-state index in [9.17, 15) is 4.79 Å². The van der Waals surface area contributed by atoms with E-state index in [1.54, 1.807) is 4.90 Å². The molecule has 0 bridgehead atoms. The summed E-state index contributed by atoms with van der Waals surface area (Å²) in [5.74, 6) is 0.724. The van der Waals surface area contributed by atoms with E-state index < -0.39 is 0 Å². The maximum Gasteiger partial charge on any atom is 0.318 e. The molecule has 2 aliphatic heterocycles. The average molecular weight is 640 g/mol. The molecule has 7 rings (SSSR count). The second-order valence-electron chi connectivity index (χ2n) is 13.4. The summed E-state index contributed by atoms with van der Waals surface area (Å²) in [6, 6.07) is 13.1. The minimum Gasteiger partial charge on any atom is -0.462 e. The lowest BCUT2D eigenvalue weighted by molar-refractivity contribution is -0.128. The number of aromatic nitrogens is 2. The van der Waals surface area contributed by atoms with Gasteiger partial charge in [-0.3, -0.25) is 4.79 Å². The summed E-state index contributed by atoms with van der Waals surface area (Å²) in [6.45, 7) is 15.8. The highest BCUT2D eigenvalue weighted by Gasteiger charge is 2.48. The number of hydrogen-bond donors (Lipinski definition) is 0. The number of ether oxygens (including phenoxy) is 1. The number of fused-ring (bicyclic) bond motifs is 2. The SMILES string of the molecule is [C-]#[N+]C[C@H]1CN(c2nc(OCCN(C)C3CCC4(CC4)C3)nc3c2CCN(c2cccc4cccc(Cl)c24)C3)CCN1C(=O)C=C. The monoisotopic (exact) mass is 639 g/mol. The normalized spacial score (nSPS) is 21.8. The van der Waals surface area contributed by atoms with E-state index in [1.165, 1.54) is 38.2 Å². The quantitative estimate of drug-likeness (QED) is 0.223. The molecule has 2 aromatic carbocycles. The molecule has 1 aromatic heterocycles. The summed E-state index contributed by atoms with van der Waals surface area (Å²) in [5.41, 5.74) is 3.79. The van der Waals surface area contributed by atoms with Crippen molar-refractivity contribution in [3.63, 3.8) is 0 Å². The van der Waals surface area contributed by atoms with Gasteiger partial charge >= 0.3 is 6.01 Å². The lowest BCUT2D eigenvalue weighted by Gasteiger charge is -2.41. The number of carbonyl (C=O) groups excluding carboxylic acids is 1. The molecule has 10 heteroatoms. The number of rotatable bonds is 9. The molecule has 3 aromatic rings. The molecule has 3 fully saturated rings. The van der Waals surface area contributed by atoms with E-state index >= 15 is 0 Å². The van der Waals surface area contributed by atoms with Gasteiger partial charge in [0.05, 0.1) is 17.3 Å². The molecule has 1 unspecified atom stereocenters. The lowest BCUT2D eigenvalue weighted by atomic mass is 10.0. The molecule has 2 saturated carbocycles. The summed E-state index contributed by atoms with van der Waals surface area (Å²) in [6.07, 6.45) is 8.84. The van der Waals surface area contributed by atoms with Gasteiger partial charge in [-0.2, -0.15) is 9.97 Å². The third-order valence-electron chi connectivity index (χ3n) is 10.7. The van der Waals surface area contributed by atoms with E-state index in [-0.39, 0.29) is 18.5 Å². The van der Waals surface area contributed by atoms with Gasteiger partial charge < -0.3 is 29.2 Å². The molecule has 240 valence electrons. The summed E-state index contributed by atoms with van der Waals surface area (Å²) < 4.78 is 6.33. The third-order valence-corrected chi connectivity index (χ3v) is 11.0. The first kappa shape index (κ1) is 30.8. The predicted molar refractivity (Wildman–Crippen MR) is 183 cm³/mol. The van der Waals surface area contributed by atoms with E-state index in [0.717, 1.165) is 58.1 Å². The standard InChI is InChI=1S/C36H42ClN7O2/c1-4-32(45)44-18-17-43(23-27(44)22-38-2)34-28-12-16-42(31-10-6-8-25-7-5-9-29(37)33(25)31)24-30(28)39-35(40-34)46-20-19-41(3)26-11-13-36(21-26)14-15-36/h4-10,26-27H,1,11-24H2,3H3/t26?,27-/m0/s1. The van der Waals surface area contributed by atoms with Gasteiger partial charge in [-0.15, -0.1) is 0 Å². The average Bonchev–Trinajstić information content (AvgIpc) is 3.71. The number of anilines is 2. The molecule has 9 nitrogen and oxygen atoms in total. The van der Waals surface area contributed by atoms with Crippen LogP contribution in [-0.4, -0.2) is 90.7 Å². The number of likely N-dealkylation sites (N-methyl/N-ethyl adjacent to an activating group) is 1. The van der Waals surface area contributed by atoms with Gasteiger partial charge in [0.2, 0.25) is 12.5 Å². The van der Waals surface area contributed by atoms with Crippen molar-refractivity contribution in [3.8, 4) is 6.01 Å². The van der Waals surface area contributed by atoms with Crippen LogP contribution in [0.25, 0.3) is 15.6 Å². The van der Waals surface area contributed by atoms with E-state index in [2.05, 4.69) is 57.4 Å². The van der Waals surface area contributed by atoms with Crippen molar-refractivity contribution in [2.24, 2.45) is 5.41 Å². The Bertz CT molecular complexity index is 1680. The Labute approximate surface area is 276 Å². The van der Waals surface area contributed by atoms with E-state index in [0.29, 0.717) is 50.3 Å². The van der Waals surface area contributed by atoms with Crippen LogP contribution in [0.4, 0.5) is 11.5 Å². The molecule has 3 heterocycles. The smallest absolute Gasteiger partial charge is 0.318 e. The van der Waals surface area contributed by atoms with Gasteiger partial charge in [-0.1, -0.05) is 42.4 Å². The van der Waals surface area contributed by atoms with Crippen LogP contribution >= 0.6 is 11.6 Å². The number of piperazine rings is 1. The molecule has 1 amide bonds. The Morgan fingerprint density at radius 1 is 1.17 bits per heavy atom. The second kappa shape index (κ2) is 12.7. The Hall–Kier alpha value is -3.87. The van der Waals surface area contributed by atoms with Crippen LogP contribution in [-0.2, 0) is 17.8 Å². The minimum atomic E-state index is -0.237. The zero-order valence-electron chi connectivity index (χ0n) is 26.6. The molecule has 2 aliphatic carbocycles. The Morgan fingerprint density at radius 3 is 2.76 bits per heavy atom. The Balaban J connectivity index is 1.16. The number of amides is 1. The van der Waals surface area contributed by atoms with Crippen LogP contribution in [0.3, 0.4) is 0 Å². The minimum absolute atomic E-state index is 0.134. The van der Waals surface area contributed by atoms with Gasteiger partial charge in [0.1, 0.15) is 18.5 Å². The van der Waals surface area contributed by atoms with Crippen molar-refractivity contribution in [1.29, 1.82) is 0 Å². The summed E-state index contributed by atoms with van der Waals surface area (Å²) in [7, 11) is 2.21. The zero-order chi connectivity index (χ0) is 31.8. The highest BCUT2D eigenvalue weighted by atomic mass is 35.5. The zero-order valence-corrected chi connectivity index (χ0v) is 27.4. The molecule has 46 heavy (non-hydrogen) atoms. The number of benzene rings is 2. The molecule has 4 aliphatic rings. The van der Waals surface area contributed by atoms with Crippen molar-refractivity contribution in [1.82, 2.24) is 19.8 Å². The van der Waals surface area contributed by atoms with Gasteiger partial charge in [-0.25, -0.2) is 6.57 Å². The number of nitrogens with zero attached hydrogens (tertiary/aromatic N) is 7. The molecular weight excluding hydrogens is 598 g/mol. The fourth-order valence-electron chi connectivity index (χ4n) is 7.82. The molecule has 0 radical (unpaired) electrons. The van der Waals surface area contributed by atoms with Gasteiger partial charge in [-0.05, 0) is 74.6 Å². The van der Waals surface area contributed by atoms with Crippen molar-refractivity contribution in [2.75, 3.05) is 62.7 Å². The summed E-state index contributed by atoms with van der Waals surface area (Å²) in [4.78, 5) is 35.1. The van der Waals surface area contributed by atoms with Crippen molar-refractivity contribution < 1.29 is 9.53 Å². The van der Waals surface area contributed by atoms with Crippen molar-refractivity contribution in [3.05, 3.63) is 76.8 Å². The molecule has 2 atom stereocenters. The van der Waals surface area contributed by atoms with Crippen LogP contribution < -0.4 is 14.5 Å². The van der Waals surface area contributed by atoms with Crippen molar-refractivity contribution in [2.45, 2.75) is 57.2 Å². The van der Waals surface area contributed by atoms with Gasteiger partial charge in [0.25, 0.3) is 0 Å². The fraction of sp³-hybridized carbons (Fsp3) is 0.500. The maximum absolute atomic E-state index is 12.6. The highest BCUT2D eigenvalue weighted by Crippen LogP contribution is 2.58. The number of carbonyl (C=O) groups is 1. The number of hydrogen-bond acceptors (Lipinski definition) is 7. The van der Waals surface area contributed by atoms with E-state index in [1.807, 2.05) is 12.1 Å². The van der Waals surface area contributed by atoms with Crippen LogP contribution in [0.2, 0.25) is 5.02 Å². The van der Waals surface area contributed by atoms with Gasteiger partial charge in [0, 0.05) is 55.4 Å². The van der Waals surface area contributed by atoms with Crippen molar-refractivity contribution >= 4 is 39.8 Å². The van der Waals surface area contributed by atoms with Crippen LogP contribution in [0, 0.1) is 12.0 Å². The Kier molecular flexibility index (Phi) is 8.51. The van der Waals surface area contributed by atoms with E-state index in [4.69, 9.17) is 32.9 Å². The first-order valence-corrected chi connectivity index (χ1v) is 16.9. The summed E-state index contributed by atoms with van der Waals surface area (Å²) >= 11 is 6.73. The largest absolute Gasteiger partial charge is 0.462 e. The predicted octanol–water partition coefficient (Wildman–Crippen LogP) is 5.61. The first-order chi connectivity index (χ1) is 22.4. The molecule has 1 saturated heterocycles. The third kappa shape index (κ3) is 6.01. The second-order valence-corrected chi connectivity index (χ2v) is 13.9. The Morgan fingerprint density at radius 2 is 2.00 bits per heavy atom. The summed E-state index contributed by atoms with van der Waals surface area (Å²) in [5, 5.41) is 2.90. The van der Waals surface area contributed by atoms with Gasteiger partial charge in [0.15, 0.2) is 0 Å².